The summed E-state index contributed by atoms with van der Waals surface area (Å²) in [5, 5.41) is 0. The molecule has 1 aliphatic heterocycles. The van der Waals surface area contributed by atoms with Crippen LogP contribution in [0.1, 0.15) is 29.4 Å². The van der Waals surface area contributed by atoms with E-state index in [9.17, 15) is 9.59 Å². The van der Waals surface area contributed by atoms with Gasteiger partial charge in [0.05, 0.1) is 24.1 Å². The van der Waals surface area contributed by atoms with Gasteiger partial charge >= 0.3 is 0 Å². The molecule has 4 heterocycles. The van der Waals surface area contributed by atoms with E-state index in [0.29, 0.717) is 43.8 Å². The molecule has 0 spiro atoms. The fraction of sp³-hybridized carbons (Fsp3) is 0.350. The average Bonchev–Trinajstić information content (AvgIpc) is 2.94. The van der Waals surface area contributed by atoms with Crippen LogP contribution >= 0.6 is 0 Å². The predicted octanol–water partition coefficient (Wildman–Crippen LogP) is 1.57. The van der Waals surface area contributed by atoms with E-state index in [1.165, 1.54) is 0 Å². The summed E-state index contributed by atoms with van der Waals surface area (Å²) in [4.78, 5) is 41.3. The van der Waals surface area contributed by atoms with Crippen LogP contribution in [0, 0.1) is 0 Å². The standard InChI is InChI=1S/C20H22N6O2/c1-15(27)24-7-4-8-25(10-9-24)20(28)16-11-18-19(22-12-16)26(14-23-18)13-17-5-2-3-6-21-17/h2-3,5-6,11-12,14H,4,7-10,13H2,1H3. The fourth-order valence-corrected chi connectivity index (χ4v) is 3.47. The zero-order valence-electron chi connectivity index (χ0n) is 15.8. The number of nitrogens with zero attached hydrogens (tertiary/aromatic N) is 6. The second-order valence-electron chi connectivity index (χ2n) is 6.91. The first-order valence-corrected chi connectivity index (χ1v) is 9.37. The number of aromatic nitrogens is 4. The third-order valence-electron chi connectivity index (χ3n) is 4.99. The Morgan fingerprint density at radius 3 is 2.64 bits per heavy atom. The predicted molar refractivity (Wildman–Crippen MR) is 104 cm³/mol. The van der Waals surface area contributed by atoms with Crippen LogP contribution in [0.15, 0.2) is 43.0 Å². The molecule has 1 saturated heterocycles. The molecule has 3 aromatic rings. The Labute approximate surface area is 162 Å². The van der Waals surface area contributed by atoms with Gasteiger partial charge in [0, 0.05) is 45.5 Å². The summed E-state index contributed by atoms with van der Waals surface area (Å²) in [6.45, 7) is 4.56. The van der Waals surface area contributed by atoms with Gasteiger partial charge < -0.3 is 14.4 Å². The summed E-state index contributed by atoms with van der Waals surface area (Å²) < 4.78 is 1.92. The van der Waals surface area contributed by atoms with Crippen LogP contribution in [0.3, 0.4) is 0 Å². The number of fused-ring (bicyclic) bond motifs is 1. The number of pyridine rings is 2. The molecule has 1 aliphatic rings. The highest BCUT2D eigenvalue weighted by molar-refractivity contribution is 5.96. The molecule has 144 valence electrons. The minimum absolute atomic E-state index is 0.0517. The van der Waals surface area contributed by atoms with Crippen LogP contribution in [-0.4, -0.2) is 67.3 Å². The molecular weight excluding hydrogens is 356 g/mol. The normalized spacial score (nSPS) is 14.9. The van der Waals surface area contributed by atoms with Crippen molar-refractivity contribution in [2.75, 3.05) is 26.2 Å². The molecule has 2 amide bonds. The van der Waals surface area contributed by atoms with E-state index in [4.69, 9.17) is 0 Å². The minimum atomic E-state index is -0.0703. The lowest BCUT2D eigenvalue weighted by Gasteiger charge is -2.21. The maximum atomic E-state index is 12.9. The van der Waals surface area contributed by atoms with Gasteiger partial charge in [-0.3, -0.25) is 14.6 Å². The molecule has 0 unspecified atom stereocenters. The third-order valence-corrected chi connectivity index (χ3v) is 4.99. The van der Waals surface area contributed by atoms with E-state index in [1.807, 2.05) is 22.8 Å². The number of rotatable bonds is 3. The molecule has 0 atom stereocenters. The monoisotopic (exact) mass is 378 g/mol. The second-order valence-corrected chi connectivity index (χ2v) is 6.91. The summed E-state index contributed by atoms with van der Waals surface area (Å²) in [6.07, 6.45) is 5.86. The summed E-state index contributed by atoms with van der Waals surface area (Å²) in [5.41, 5.74) is 2.85. The molecule has 8 nitrogen and oxygen atoms in total. The van der Waals surface area contributed by atoms with Crippen LogP contribution in [0.5, 0.6) is 0 Å². The molecule has 0 aliphatic carbocycles. The lowest BCUT2D eigenvalue weighted by molar-refractivity contribution is -0.128. The highest BCUT2D eigenvalue weighted by Gasteiger charge is 2.22. The van der Waals surface area contributed by atoms with E-state index in [0.717, 1.165) is 17.8 Å². The zero-order chi connectivity index (χ0) is 19.5. The van der Waals surface area contributed by atoms with E-state index in [2.05, 4.69) is 15.0 Å². The Kier molecular flexibility index (Phi) is 5.01. The first kappa shape index (κ1) is 18.1. The van der Waals surface area contributed by atoms with Gasteiger partial charge in [0.2, 0.25) is 5.91 Å². The van der Waals surface area contributed by atoms with Gasteiger partial charge in [-0.1, -0.05) is 6.07 Å². The van der Waals surface area contributed by atoms with Crippen molar-refractivity contribution in [3.63, 3.8) is 0 Å². The third kappa shape index (κ3) is 3.71. The van der Waals surface area contributed by atoms with Crippen molar-refractivity contribution in [1.82, 2.24) is 29.3 Å². The lowest BCUT2D eigenvalue weighted by atomic mass is 10.2. The molecule has 8 heteroatoms. The van der Waals surface area contributed by atoms with Crippen LogP contribution in [-0.2, 0) is 11.3 Å². The first-order chi connectivity index (χ1) is 13.6. The fourth-order valence-electron chi connectivity index (χ4n) is 3.47. The Bertz CT molecular complexity index is 1000. The van der Waals surface area contributed by atoms with E-state index < -0.39 is 0 Å². The van der Waals surface area contributed by atoms with Crippen molar-refractivity contribution in [3.8, 4) is 0 Å². The number of amides is 2. The van der Waals surface area contributed by atoms with Gasteiger partial charge in [-0.05, 0) is 24.6 Å². The van der Waals surface area contributed by atoms with Gasteiger partial charge in [0.25, 0.3) is 5.91 Å². The topological polar surface area (TPSA) is 84.2 Å². The molecule has 3 aromatic heterocycles. The summed E-state index contributed by atoms with van der Waals surface area (Å²) in [5.74, 6) is -0.0186. The number of carbonyl (C=O) groups is 2. The van der Waals surface area contributed by atoms with Gasteiger partial charge in [-0.25, -0.2) is 9.97 Å². The summed E-state index contributed by atoms with van der Waals surface area (Å²) in [7, 11) is 0. The molecule has 4 rings (SSSR count). The van der Waals surface area contributed by atoms with Crippen LogP contribution in [0.25, 0.3) is 11.2 Å². The zero-order valence-corrected chi connectivity index (χ0v) is 15.8. The van der Waals surface area contributed by atoms with Crippen molar-refractivity contribution in [1.29, 1.82) is 0 Å². The van der Waals surface area contributed by atoms with Crippen molar-refractivity contribution in [3.05, 3.63) is 54.2 Å². The maximum absolute atomic E-state index is 12.9. The Morgan fingerprint density at radius 2 is 1.86 bits per heavy atom. The molecule has 0 saturated carbocycles. The minimum Gasteiger partial charge on any atom is -0.341 e. The van der Waals surface area contributed by atoms with Crippen LogP contribution in [0.4, 0.5) is 0 Å². The first-order valence-electron chi connectivity index (χ1n) is 9.37. The quantitative estimate of drug-likeness (QED) is 0.691. The van der Waals surface area contributed by atoms with E-state index >= 15 is 0 Å². The summed E-state index contributed by atoms with van der Waals surface area (Å²) >= 11 is 0. The van der Waals surface area contributed by atoms with Crippen LogP contribution < -0.4 is 0 Å². The van der Waals surface area contributed by atoms with Crippen molar-refractivity contribution >= 4 is 23.0 Å². The Hall–Kier alpha value is -3.29. The van der Waals surface area contributed by atoms with E-state index in [1.54, 1.807) is 41.5 Å². The number of hydrogen-bond acceptors (Lipinski definition) is 5. The largest absolute Gasteiger partial charge is 0.341 e. The van der Waals surface area contributed by atoms with Crippen molar-refractivity contribution in [2.24, 2.45) is 0 Å². The Balaban J connectivity index is 1.52. The molecule has 0 radical (unpaired) electrons. The highest BCUT2D eigenvalue weighted by Crippen LogP contribution is 2.16. The lowest BCUT2D eigenvalue weighted by Crippen LogP contribution is -2.36. The van der Waals surface area contributed by atoms with Crippen LogP contribution in [0.2, 0.25) is 0 Å². The average molecular weight is 378 g/mol. The molecule has 28 heavy (non-hydrogen) atoms. The number of imidazole rings is 1. The Morgan fingerprint density at radius 1 is 1.04 bits per heavy atom. The number of hydrogen-bond donors (Lipinski definition) is 0. The van der Waals surface area contributed by atoms with Gasteiger partial charge in [0.15, 0.2) is 5.65 Å². The summed E-state index contributed by atoms with van der Waals surface area (Å²) in [6, 6.07) is 7.56. The van der Waals surface area contributed by atoms with Crippen molar-refractivity contribution < 1.29 is 9.59 Å². The van der Waals surface area contributed by atoms with E-state index in [-0.39, 0.29) is 11.8 Å². The number of carbonyl (C=O) groups excluding carboxylic acids is 2. The molecule has 0 aromatic carbocycles. The molecule has 0 bridgehead atoms. The molecule has 0 N–H and O–H groups in total. The second kappa shape index (κ2) is 7.75. The van der Waals surface area contributed by atoms with Crippen molar-refractivity contribution in [2.45, 2.75) is 19.9 Å². The van der Waals surface area contributed by atoms with Gasteiger partial charge in [0.1, 0.15) is 5.52 Å². The molecule has 1 fully saturated rings. The van der Waals surface area contributed by atoms with Gasteiger partial charge in [-0.2, -0.15) is 0 Å². The van der Waals surface area contributed by atoms with Gasteiger partial charge in [-0.15, -0.1) is 0 Å². The highest BCUT2D eigenvalue weighted by atomic mass is 16.2. The molecular formula is C20H22N6O2. The SMILES string of the molecule is CC(=O)N1CCCN(C(=O)c2cnc3c(c2)ncn3Cc2ccccn2)CC1. The smallest absolute Gasteiger partial charge is 0.255 e. The maximum Gasteiger partial charge on any atom is 0.255 e.